The third kappa shape index (κ3) is 2.30. The molecule has 96 valence electrons. The molecule has 1 aliphatic rings. The molecule has 0 saturated carbocycles. The number of hydrogen-bond acceptors (Lipinski definition) is 6. The fourth-order valence-corrected chi connectivity index (χ4v) is 3.02. The van der Waals surface area contributed by atoms with Gasteiger partial charge in [-0.1, -0.05) is 0 Å². The molecule has 0 aliphatic carbocycles. The molecule has 5 nitrogen and oxygen atoms in total. The van der Waals surface area contributed by atoms with Crippen LogP contribution in [0.25, 0.3) is 10.2 Å². The van der Waals surface area contributed by atoms with Gasteiger partial charge in [0.1, 0.15) is 17.0 Å². The summed E-state index contributed by atoms with van der Waals surface area (Å²) in [6.45, 7) is 3.79. The first-order valence-corrected chi connectivity index (χ1v) is 7.04. The lowest BCUT2D eigenvalue weighted by atomic mass is 10.2. The Balaban J connectivity index is 1.68. The Kier molecular flexibility index (Phi) is 3.38. The molecule has 1 atom stereocenters. The van der Waals surface area contributed by atoms with Gasteiger partial charge in [-0.05, 0) is 37.7 Å². The van der Waals surface area contributed by atoms with E-state index in [0.29, 0.717) is 6.10 Å². The zero-order valence-corrected chi connectivity index (χ0v) is 11.2. The molecule has 0 spiro atoms. The van der Waals surface area contributed by atoms with Gasteiger partial charge in [0.25, 0.3) is 0 Å². The van der Waals surface area contributed by atoms with Gasteiger partial charge in [0, 0.05) is 13.2 Å². The van der Waals surface area contributed by atoms with Crippen LogP contribution < -0.4 is 5.32 Å². The highest BCUT2D eigenvalue weighted by Crippen LogP contribution is 2.25. The Morgan fingerprint density at radius 1 is 1.50 bits per heavy atom. The van der Waals surface area contributed by atoms with E-state index in [1.54, 1.807) is 6.33 Å². The van der Waals surface area contributed by atoms with Crippen molar-refractivity contribution in [1.29, 1.82) is 0 Å². The molecule has 0 aromatic carbocycles. The largest absolute Gasteiger partial charge is 0.378 e. The average Bonchev–Trinajstić information content (AvgIpc) is 3.00. The lowest BCUT2D eigenvalue weighted by molar-refractivity contribution is 0.107. The van der Waals surface area contributed by atoms with Crippen LogP contribution in [0.15, 0.2) is 6.33 Å². The van der Waals surface area contributed by atoms with Crippen molar-refractivity contribution in [2.45, 2.75) is 32.3 Å². The first-order chi connectivity index (χ1) is 8.84. The topological polar surface area (TPSA) is 59.9 Å². The Morgan fingerprint density at radius 3 is 3.28 bits per heavy atom. The van der Waals surface area contributed by atoms with Gasteiger partial charge >= 0.3 is 0 Å². The summed E-state index contributed by atoms with van der Waals surface area (Å²) in [6.07, 6.45) is 5.41. The van der Waals surface area contributed by atoms with Gasteiger partial charge in [-0.25, -0.2) is 9.97 Å². The molecule has 3 heterocycles. The lowest BCUT2D eigenvalue weighted by Crippen LogP contribution is -2.13. The van der Waals surface area contributed by atoms with E-state index in [1.807, 2.05) is 6.92 Å². The molecule has 1 N–H and O–H groups in total. The standard InChI is InChI=1S/C12H16N4OS/c1-8-10-11(14-7-15-12(10)18-16-8)13-5-4-9-3-2-6-17-9/h7,9H,2-6H2,1H3,(H,13,14,15). The van der Waals surface area contributed by atoms with Gasteiger partial charge in [-0.15, -0.1) is 0 Å². The van der Waals surface area contributed by atoms with Crippen molar-refractivity contribution < 1.29 is 4.74 Å². The third-order valence-electron chi connectivity index (χ3n) is 3.23. The van der Waals surface area contributed by atoms with Crippen LogP contribution >= 0.6 is 11.5 Å². The van der Waals surface area contributed by atoms with Gasteiger partial charge < -0.3 is 10.1 Å². The zero-order chi connectivity index (χ0) is 12.4. The third-order valence-corrected chi connectivity index (χ3v) is 4.07. The van der Waals surface area contributed by atoms with Crippen molar-refractivity contribution in [1.82, 2.24) is 14.3 Å². The number of hydrogen-bond donors (Lipinski definition) is 1. The first kappa shape index (κ1) is 11.8. The van der Waals surface area contributed by atoms with Crippen LogP contribution in [0, 0.1) is 6.92 Å². The van der Waals surface area contributed by atoms with Gasteiger partial charge in [0.15, 0.2) is 0 Å². The van der Waals surface area contributed by atoms with Crippen LogP contribution in [0.4, 0.5) is 5.82 Å². The molecule has 1 saturated heterocycles. The van der Waals surface area contributed by atoms with Crippen LogP contribution in [0.1, 0.15) is 25.0 Å². The van der Waals surface area contributed by atoms with Crippen molar-refractivity contribution in [3.63, 3.8) is 0 Å². The molecule has 0 bridgehead atoms. The molecule has 2 aromatic heterocycles. The van der Waals surface area contributed by atoms with Crippen LogP contribution in [0.3, 0.4) is 0 Å². The summed E-state index contributed by atoms with van der Waals surface area (Å²) < 4.78 is 9.92. The summed E-state index contributed by atoms with van der Waals surface area (Å²) in [5, 5.41) is 4.43. The van der Waals surface area contributed by atoms with Gasteiger partial charge in [0.05, 0.1) is 17.2 Å². The van der Waals surface area contributed by atoms with Gasteiger partial charge in [-0.3, -0.25) is 0 Å². The van der Waals surface area contributed by atoms with E-state index in [4.69, 9.17) is 4.74 Å². The van der Waals surface area contributed by atoms with E-state index in [-0.39, 0.29) is 0 Å². The molecule has 1 unspecified atom stereocenters. The van der Waals surface area contributed by atoms with E-state index >= 15 is 0 Å². The highest BCUT2D eigenvalue weighted by atomic mass is 32.1. The monoisotopic (exact) mass is 264 g/mol. The normalized spacial score (nSPS) is 19.5. The molecule has 1 aliphatic heterocycles. The number of ether oxygens (including phenoxy) is 1. The number of fused-ring (bicyclic) bond motifs is 1. The summed E-state index contributed by atoms with van der Waals surface area (Å²) in [5.41, 5.74) is 0.996. The predicted octanol–water partition coefficient (Wildman–Crippen LogP) is 2.38. The molecule has 0 amide bonds. The van der Waals surface area contributed by atoms with Crippen LogP contribution in [0.2, 0.25) is 0 Å². The summed E-state index contributed by atoms with van der Waals surface area (Å²) >= 11 is 1.42. The van der Waals surface area contributed by atoms with Gasteiger partial charge in [0.2, 0.25) is 0 Å². The summed E-state index contributed by atoms with van der Waals surface area (Å²) in [4.78, 5) is 9.48. The van der Waals surface area contributed by atoms with Crippen molar-refractivity contribution in [3.05, 3.63) is 12.0 Å². The predicted molar refractivity (Wildman–Crippen MR) is 72.0 cm³/mol. The molecular weight excluding hydrogens is 248 g/mol. The quantitative estimate of drug-likeness (QED) is 0.918. The maximum atomic E-state index is 5.60. The summed E-state index contributed by atoms with van der Waals surface area (Å²) in [6, 6.07) is 0. The minimum Gasteiger partial charge on any atom is -0.378 e. The molecule has 3 rings (SSSR count). The van der Waals surface area contributed by atoms with Crippen molar-refractivity contribution in [3.8, 4) is 0 Å². The van der Waals surface area contributed by atoms with E-state index in [0.717, 1.165) is 41.3 Å². The number of nitrogens with zero attached hydrogens (tertiary/aromatic N) is 3. The Morgan fingerprint density at radius 2 is 2.44 bits per heavy atom. The van der Waals surface area contributed by atoms with E-state index in [2.05, 4.69) is 19.7 Å². The number of anilines is 1. The maximum absolute atomic E-state index is 5.60. The van der Waals surface area contributed by atoms with Crippen molar-refractivity contribution >= 4 is 27.6 Å². The second kappa shape index (κ2) is 5.16. The van der Waals surface area contributed by atoms with Gasteiger partial charge in [-0.2, -0.15) is 4.37 Å². The van der Waals surface area contributed by atoms with Crippen LogP contribution in [-0.2, 0) is 4.74 Å². The zero-order valence-electron chi connectivity index (χ0n) is 10.3. The number of aromatic nitrogens is 3. The lowest BCUT2D eigenvalue weighted by Gasteiger charge is -2.10. The molecule has 18 heavy (non-hydrogen) atoms. The molecule has 0 radical (unpaired) electrons. The summed E-state index contributed by atoms with van der Waals surface area (Å²) in [7, 11) is 0. The SMILES string of the molecule is Cc1nsc2ncnc(NCCC3CCCO3)c12. The fourth-order valence-electron chi connectivity index (χ4n) is 2.28. The number of nitrogens with one attached hydrogen (secondary N) is 1. The fraction of sp³-hybridized carbons (Fsp3) is 0.583. The highest BCUT2D eigenvalue weighted by Gasteiger charge is 2.15. The van der Waals surface area contributed by atoms with E-state index in [1.165, 1.54) is 24.4 Å². The number of aryl methyl sites for hydroxylation is 1. The van der Waals surface area contributed by atoms with Crippen LogP contribution in [-0.4, -0.2) is 33.6 Å². The minimum absolute atomic E-state index is 0.413. The molecule has 1 fully saturated rings. The van der Waals surface area contributed by atoms with Crippen LogP contribution in [0.5, 0.6) is 0 Å². The van der Waals surface area contributed by atoms with Crippen molar-refractivity contribution in [2.24, 2.45) is 0 Å². The Labute approximate surface area is 110 Å². The Hall–Kier alpha value is -1.27. The molecule has 6 heteroatoms. The van der Waals surface area contributed by atoms with E-state index in [9.17, 15) is 0 Å². The Bertz CT molecular complexity index is 536. The second-order valence-electron chi connectivity index (χ2n) is 4.52. The second-order valence-corrected chi connectivity index (χ2v) is 5.27. The first-order valence-electron chi connectivity index (χ1n) is 6.27. The molecule has 2 aromatic rings. The average molecular weight is 264 g/mol. The van der Waals surface area contributed by atoms with Crippen molar-refractivity contribution in [2.75, 3.05) is 18.5 Å². The minimum atomic E-state index is 0.413. The van der Waals surface area contributed by atoms with E-state index < -0.39 is 0 Å². The number of rotatable bonds is 4. The summed E-state index contributed by atoms with van der Waals surface area (Å²) in [5.74, 6) is 0.893. The highest BCUT2D eigenvalue weighted by molar-refractivity contribution is 7.13. The molecular formula is C12H16N4OS. The maximum Gasteiger partial charge on any atom is 0.149 e. The smallest absolute Gasteiger partial charge is 0.149 e.